The van der Waals surface area contributed by atoms with Gasteiger partial charge in [-0.05, 0) is 42.5 Å². The molecule has 5 rings (SSSR count). The van der Waals surface area contributed by atoms with E-state index in [9.17, 15) is 4.79 Å². The second-order valence-electron chi connectivity index (χ2n) is 7.32. The van der Waals surface area contributed by atoms with Gasteiger partial charge in [0, 0.05) is 18.0 Å². The van der Waals surface area contributed by atoms with E-state index >= 15 is 0 Å². The number of hydrogen-bond acceptors (Lipinski definition) is 8. The Balaban J connectivity index is 1.52. The van der Waals surface area contributed by atoms with E-state index < -0.39 is 0 Å². The molecular weight excluding hydrogens is 464 g/mol. The van der Waals surface area contributed by atoms with Gasteiger partial charge in [0.2, 0.25) is 5.13 Å². The third-order valence-electron chi connectivity index (χ3n) is 5.17. The zero-order valence-corrected chi connectivity index (χ0v) is 19.7. The number of carbonyl (C=O) groups excluding carboxylic acids is 1. The highest BCUT2D eigenvalue weighted by molar-refractivity contribution is 7.18. The average Bonchev–Trinajstić information content (AvgIpc) is 3.57. The Morgan fingerprint density at radius 3 is 2.49 bits per heavy atom. The Bertz CT molecular complexity index is 1470. The van der Waals surface area contributed by atoms with Crippen molar-refractivity contribution in [3.05, 3.63) is 84.7 Å². The van der Waals surface area contributed by atoms with Crippen LogP contribution in [0, 0.1) is 0 Å². The Morgan fingerprint density at radius 2 is 1.74 bits per heavy atom. The monoisotopic (exact) mass is 484 g/mol. The summed E-state index contributed by atoms with van der Waals surface area (Å²) in [7, 11) is 3.13. The highest BCUT2D eigenvalue weighted by atomic mass is 32.1. The maximum atomic E-state index is 13.4. The summed E-state index contributed by atoms with van der Waals surface area (Å²) in [5.74, 6) is 0.760. The van der Waals surface area contributed by atoms with Gasteiger partial charge in [-0.3, -0.25) is 15.1 Å². The highest BCUT2D eigenvalue weighted by Gasteiger charge is 2.21. The van der Waals surface area contributed by atoms with E-state index in [2.05, 4.69) is 20.5 Å². The predicted molar refractivity (Wildman–Crippen MR) is 133 cm³/mol. The fourth-order valence-electron chi connectivity index (χ4n) is 3.48. The van der Waals surface area contributed by atoms with E-state index in [-0.39, 0.29) is 5.91 Å². The first kappa shape index (κ1) is 22.2. The number of benzene rings is 2. The summed E-state index contributed by atoms with van der Waals surface area (Å²) in [5.41, 5.74) is 3.07. The molecule has 9 nitrogen and oxygen atoms in total. The van der Waals surface area contributed by atoms with Crippen LogP contribution in [0.25, 0.3) is 27.6 Å². The number of hydrogen-bond donors (Lipinski definition) is 1. The van der Waals surface area contributed by atoms with Crippen LogP contribution in [0.2, 0.25) is 0 Å². The van der Waals surface area contributed by atoms with Gasteiger partial charge in [-0.15, -0.1) is 10.2 Å². The molecule has 174 valence electrons. The van der Waals surface area contributed by atoms with Gasteiger partial charge in [-0.1, -0.05) is 35.6 Å². The molecule has 1 N–H and O–H groups in total. The molecule has 2 aromatic carbocycles. The predicted octanol–water partition coefficient (Wildman–Crippen LogP) is 4.72. The van der Waals surface area contributed by atoms with E-state index in [1.54, 1.807) is 43.4 Å². The fourth-order valence-corrected chi connectivity index (χ4v) is 4.20. The van der Waals surface area contributed by atoms with Crippen molar-refractivity contribution < 1.29 is 14.3 Å². The van der Waals surface area contributed by atoms with Crippen LogP contribution in [-0.4, -0.2) is 45.1 Å². The van der Waals surface area contributed by atoms with E-state index in [0.717, 1.165) is 5.69 Å². The molecule has 35 heavy (non-hydrogen) atoms. The molecule has 0 aliphatic heterocycles. The minimum atomic E-state index is -0.360. The molecule has 0 saturated heterocycles. The van der Waals surface area contributed by atoms with Crippen molar-refractivity contribution in [2.45, 2.75) is 0 Å². The average molecular weight is 485 g/mol. The largest absolute Gasteiger partial charge is 0.493 e. The third-order valence-corrected chi connectivity index (χ3v) is 6.03. The Kier molecular flexibility index (Phi) is 6.18. The van der Waals surface area contributed by atoms with Gasteiger partial charge in [0.25, 0.3) is 5.91 Å². The quantitative estimate of drug-likeness (QED) is 0.356. The maximum Gasteiger partial charge on any atom is 0.261 e. The Morgan fingerprint density at radius 1 is 0.943 bits per heavy atom. The zero-order chi connectivity index (χ0) is 24.2. The molecule has 0 radical (unpaired) electrons. The van der Waals surface area contributed by atoms with Crippen molar-refractivity contribution in [3.8, 4) is 39.1 Å². The lowest BCUT2D eigenvalue weighted by atomic mass is 10.1. The maximum absolute atomic E-state index is 13.4. The minimum Gasteiger partial charge on any atom is -0.493 e. The summed E-state index contributed by atoms with van der Waals surface area (Å²) >= 11 is 1.24. The van der Waals surface area contributed by atoms with E-state index in [4.69, 9.17) is 14.6 Å². The lowest BCUT2D eigenvalue weighted by Crippen LogP contribution is -2.12. The van der Waals surface area contributed by atoms with Gasteiger partial charge in [-0.25, -0.2) is 4.68 Å². The van der Waals surface area contributed by atoms with Gasteiger partial charge in [0.05, 0.1) is 25.5 Å². The van der Waals surface area contributed by atoms with Crippen LogP contribution in [0.3, 0.4) is 0 Å². The van der Waals surface area contributed by atoms with Crippen molar-refractivity contribution in [1.82, 2.24) is 25.0 Å². The van der Waals surface area contributed by atoms with Crippen molar-refractivity contribution >= 4 is 22.4 Å². The Hall–Kier alpha value is -4.57. The minimum absolute atomic E-state index is 0.360. The van der Waals surface area contributed by atoms with Crippen LogP contribution in [-0.2, 0) is 0 Å². The first-order valence-electron chi connectivity index (χ1n) is 10.6. The van der Waals surface area contributed by atoms with Gasteiger partial charge in [-0.2, -0.15) is 5.10 Å². The molecule has 0 aliphatic rings. The van der Waals surface area contributed by atoms with Gasteiger partial charge in [0.15, 0.2) is 16.5 Å². The first-order chi connectivity index (χ1) is 17.2. The van der Waals surface area contributed by atoms with Crippen molar-refractivity contribution in [1.29, 1.82) is 0 Å². The van der Waals surface area contributed by atoms with Crippen LogP contribution in [0.1, 0.15) is 10.4 Å². The van der Waals surface area contributed by atoms with Crippen molar-refractivity contribution in [2.75, 3.05) is 19.5 Å². The fraction of sp³-hybridized carbons (Fsp3) is 0.0800. The lowest BCUT2D eigenvalue weighted by molar-refractivity contribution is 0.102. The summed E-state index contributed by atoms with van der Waals surface area (Å²) in [6.45, 7) is 0. The molecule has 0 atom stereocenters. The summed E-state index contributed by atoms with van der Waals surface area (Å²) in [5, 5.41) is 16.8. The first-order valence-corrected chi connectivity index (χ1v) is 11.4. The van der Waals surface area contributed by atoms with Crippen LogP contribution in [0.5, 0.6) is 11.5 Å². The molecule has 0 unspecified atom stereocenters. The summed E-state index contributed by atoms with van der Waals surface area (Å²) in [4.78, 5) is 17.7. The van der Waals surface area contributed by atoms with Gasteiger partial charge >= 0.3 is 0 Å². The molecule has 0 fully saturated rings. The van der Waals surface area contributed by atoms with Crippen LogP contribution in [0.15, 0.2) is 79.1 Å². The summed E-state index contributed by atoms with van der Waals surface area (Å²) < 4.78 is 12.5. The number of carbonyl (C=O) groups is 1. The molecule has 10 heteroatoms. The number of nitrogens with one attached hydrogen (secondary N) is 1. The van der Waals surface area contributed by atoms with E-state index in [1.165, 1.54) is 11.3 Å². The molecule has 0 saturated carbocycles. The number of amides is 1. The SMILES string of the molecule is COc1ccc(-c2nn(-c3ccccc3)cc2C(=O)Nc2nnc(-c3ccccn3)s2)cc1OC. The number of nitrogens with zero attached hydrogens (tertiary/aromatic N) is 5. The smallest absolute Gasteiger partial charge is 0.261 e. The van der Waals surface area contributed by atoms with Gasteiger partial charge < -0.3 is 9.47 Å². The van der Waals surface area contributed by atoms with Crippen molar-refractivity contribution in [3.63, 3.8) is 0 Å². The number of para-hydroxylation sites is 1. The molecule has 0 spiro atoms. The molecule has 3 heterocycles. The van der Waals surface area contributed by atoms with Gasteiger partial charge in [0.1, 0.15) is 11.4 Å². The molecule has 1 amide bonds. The van der Waals surface area contributed by atoms with Crippen LogP contribution >= 0.6 is 11.3 Å². The molecule has 0 aliphatic carbocycles. The van der Waals surface area contributed by atoms with E-state index in [0.29, 0.717) is 44.2 Å². The second kappa shape index (κ2) is 9.74. The number of rotatable bonds is 7. The number of methoxy groups -OCH3 is 2. The number of pyridine rings is 1. The Labute approximate surface area is 205 Å². The number of anilines is 1. The normalized spacial score (nSPS) is 10.7. The number of aromatic nitrogens is 5. The topological polar surface area (TPSA) is 104 Å². The zero-order valence-electron chi connectivity index (χ0n) is 18.9. The lowest BCUT2D eigenvalue weighted by Gasteiger charge is -2.09. The number of ether oxygens (including phenoxy) is 2. The highest BCUT2D eigenvalue weighted by Crippen LogP contribution is 2.34. The third kappa shape index (κ3) is 4.59. The van der Waals surface area contributed by atoms with E-state index in [1.807, 2.05) is 54.6 Å². The molecule has 3 aromatic heterocycles. The molecule has 0 bridgehead atoms. The van der Waals surface area contributed by atoms with Crippen LogP contribution in [0.4, 0.5) is 5.13 Å². The van der Waals surface area contributed by atoms with Crippen molar-refractivity contribution in [2.24, 2.45) is 0 Å². The second-order valence-corrected chi connectivity index (χ2v) is 8.30. The van der Waals surface area contributed by atoms with Crippen LogP contribution < -0.4 is 14.8 Å². The molecule has 5 aromatic rings. The summed E-state index contributed by atoms with van der Waals surface area (Å²) in [6.07, 6.45) is 3.37. The summed E-state index contributed by atoms with van der Waals surface area (Å²) in [6, 6.07) is 20.5. The molecular formula is C25H20N6O3S. The standard InChI is InChI=1S/C25H20N6O3S/c1-33-20-12-11-16(14-21(20)34-2)22-18(15-31(30-22)17-8-4-3-5-9-17)23(32)27-25-29-28-24(35-25)19-10-6-7-13-26-19/h3-15H,1-2H3,(H,27,29,32).